The van der Waals surface area contributed by atoms with Crippen LogP contribution in [0, 0.1) is 5.92 Å². The van der Waals surface area contributed by atoms with E-state index in [1.807, 2.05) is 51.2 Å². The molecule has 5 atom stereocenters. The number of cyclic esters (lactones) is 1. The van der Waals surface area contributed by atoms with Crippen molar-refractivity contribution >= 4 is 5.97 Å². The quantitative estimate of drug-likeness (QED) is 0.458. The Balaban J connectivity index is 3.02. The zero-order valence-electron chi connectivity index (χ0n) is 20.4. The minimum Gasteiger partial charge on any atom is -0.458 e. The Hall–Kier alpha value is -1.95. The molecule has 5 heteroatoms. The molecule has 0 aromatic rings. The first kappa shape index (κ1) is 28.1. The van der Waals surface area contributed by atoms with Gasteiger partial charge in [-0.15, -0.1) is 0 Å². The van der Waals surface area contributed by atoms with Crippen molar-refractivity contribution in [3.63, 3.8) is 0 Å². The van der Waals surface area contributed by atoms with Gasteiger partial charge in [-0.1, -0.05) is 55.0 Å². The summed E-state index contributed by atoms with van der Waals surface area (Å²) in [5.74, 6) is -0.132. The number of allylic oxidation sites excluding steroid dienone is 7. The molecular formula is C27H42O5. The van der Waals surface area contributed by atoms with Crippen molar-refractivity contribution < 1.29 is 24.5 Å². The Morgan fingerprint density at radius 3 is 2.53 bits per heavy atom. The van der Waals surface area contributed by atoms with Gasteiger partial charge in [0, 0.05) is 20.0 Å². The summed E-state index contributed by atoms with van der Waals surface area (Å²) in [6, 6.07) is 0. The van der Waals surface area contributed by atoms with Gasteiger partial charge in [-0.3, -0.25) is 4.79 Å². The molecule has 1 aliphatic rings. The molecule has 1 unspecified atom stereocenters. The minimum atomic E-state index is -0.968. The molecule has 0 aromatic carbocycles. The van der Waals surface area contributed by atoms with Gasteiger partial charge in [-0.25, -0.2) is 0 Å². The maximum Gasteiger partial charge on any atom is 0.309 e. The van der Waals surface area contributed by atoms with Gasteiger partial charge in [0.1, 0.15) is 6.10 Å². The fraction of sp³-hybridized carbons (Fsp3) is 0.593. The Morgan fingerprint density at radius 2 is 1.88 bits per heavy atom. The monoisotopic (exact) mass is 446 g/mol. The van der Waals surface area contributed by atoms with Gasteiger partial charge in [0.25, 0.3) is 0 Å². The molecular weight excluding hydrogens is 404 g/mol. The number of ether oxygens (including phenoxy) is 2. The second-order valence-electron chi connectivity index (χ2n) is 8.74. The van der Waals surface area contributed by atoms with E-state index in [9.17, 15) is 15.0 Å². The van der Waals surface area contributed by atoms with E-state index in [1.54, 1.807) is 7.11 Å². The smallest absolute Gasteiger partial charge is 0.309 e. The van der Waals surface area contributed by atoms with E-state index in [2.05, 4.69) is 25.2 Å². The molecule has 1 aliphatic heterocycles. The topological polar surface area (TPSA) is 76.0 Å². The molecule has 0 aliphatic carbocycles. The van der Waals surface area contributed by atoms with E-state index in [0.717, 1.165) is 24.0 Å². The number of carbonyl (C=O) groups is 1. The predicted molar refractivity (Wildman–Crippen MR) is 130 cm³/mol. The fourth-order valence-electron chi connectivity index (χ4n) is 3.74. The highest BCUT2D eigenvalue weighted by molar-refractivity contribution is 5.70. The second-order valence-corrected chi connectivity index (χ2v) is 8.74. The van der Waals surface area contributed by atoms with Crippen LogP contribution in [0.25, 0.3) is 0 Å². The number of aliphatic hydroxyl groups excluding tert-OH is 2. The summed E-state index contributed by atoms with van der Waals surface area (Å²) in [6.07, 6.45) is 16.5. The van der Waals surface area contributed by atoms with Crippen molar-refractivity contribution in [1.29, 1.82) is 0 Å². The Kier molecular flexibility index (Phi) is 13.9. The number of methoxy groups -OCH3 is 1. The second kappa shape index (κ2) is 15.8. The summed E-state index contributed by atoms with van der Waals surface area (Å²) in [7, 11) is 1.62. The maximum absolute atomic E-state index is 12.4. The molecule has 32 heavy (non-hydrogen) atoms. The number of rotatable bonds is 4. The summed E-state index contributed by atoms with van der Waals surface area (Å²) >= 11 is 0. The minimum absolute atomic E-state index is 0.0985. The average Bonchev–Trinajstić information content (AvgIpc) is 2.71. The summed E-state index contributed by atoms with van der Waals surface area (Å²) in [6.45, 7) is 8.13. The SMILES string of the molecule is C/C=C/C/C(C)=C\C1C/C=C/C=C/C[C@H](C)/C=C(\C)[C@@H](OC)C[C@@H](O)C[C@@H](O)CC(=O)O1. The van der Waals surface area contributed by atoms with Gasteiger partial charge in [0.2, 0.25) is 0 Å². The van der Waals surface area contributed by atoms with Crippen LogP contribution >= 0.6 is 0 Å². The number of hydrogen-bond acceptors (Lipinski definition) is 5. The molecule has 0 bridgehead atoms. The lowest BCUT2D eigenvalue weighted by molar-refractivity contribution is -0.149. The molecule has 0 radical (unpaired) electrons. The number of carbonyl (C=O) groups excluding carboxylic acids is 1. The Bertz CT molecular complexity index is 701. The van der Waals surface area contributed by atoms with E-state index in [1.165, 1.54) is 0 Å². The van der Waals surface area contributed by atoms with Gasteiger partial charge in [0.15, 0.2) is 0 Å². The van der Waals surface area contributed by atoms with Crippen LogP contribution in [0.5, 0.6) is 0 Å². The molecule has 0 saturated carbocycles. The molecule has 0 spiro atoms. The van der Waals surface area contributed by atoms with Crippen LogP contribution in [-0.4, -0.2) is 47.7 Å². The first-order valence-electron chi connectivity index (χ1n) is 11.6. The van der Waals surface area contributed by atoms with Gasteiger partial charge in [0.05, 0.1) is 24.7 Å². The largest absolute Gasteiger partial charge is 0.458 e. The predicted octanol–water partition coefficient (Wildman–Crippen LogP) is 5.21. The summed E-state index contributed by atoms with van der Waals surface area (Å²) in [5, 5.41) is 20.8. The first-order valence-corrected chi connectivity index (χ1v) is 11.6. The van der Waals surface area contributed by atoms with Crippen LogP contribution in [0.15, 0.2) is 59.8 Å². The van der Waals surface area contributed by atoms with Crippen molar-refractivity contribution in [2.24, 2.45) is 5.92 Å². The summed E-state index contributed by atoms with van der Waals surface area (Å²) < 4.78 is 11.2. The van der Waals surface area contributed by atoms with Gasteiger partial charge in [-0.05, 0) is 57.6 Å². The lowest BCUT2D eigenvalue weighted by Crippen LogP contribution is -2.27. The van der Waals surface area contributed by atoms with Crippen LogP contribution in [0.4, 0.5) is 0 Å². The van der Waals surface area contributed by atoms with E-state index in [4.69, 9.17) is 9.47 Å². The summed E-state index contributed by atoms with van der Waals surface area (Å²) in [4.78, 5) is 12.4. The highest BCUT2D eigenvalue weighted by Crippen LogP contribution is 2.20. The first-order chi connectivity index (χ1) is 15.2. The van der Waals surface area contributed by atoms with Gasteiger partial charge < -0.3 is 19.7 Å². The number of aliphatic hydroxyl groups is 2. The molecule has 2 N–H and O–H groups in total. The zero-order valence-corrected chi connectivity index (χ0v) is 20.4. The van der Waals surface area contributed by atoms with E-state index >= 15 is 0 Å². The lowest BCUT2D eigenvalue weighted by Gasteiger charge is -2.23. The molecule has 5 nitrogen and oxygen atoms in total. The highest BCUT2D eigenvalue weighted by Gasteiger charge is 2.22. The van der Waals surface area contributed by atoms with Gasteiger partial charge in [-0.2, -0.15) is 0 Å². The molecule has 0 saturated heterocycles. The van der Waals surface area contributed by atoms with Gasteiger partial charge >= 0.3 is 5.97 Å². The average molecular weight is 447 g/mol. The van der Waals surface area contributed by atoms with Crippen LogP contribution in [0.3, 0.4) is 0 Å². The van der Waals surface area contributed by atoms with E-state index in [0.29, 0.717) is 18.8 Å². The van der Waals surface area contributed by atoms with Crippen molar-refractivity contribution in [3.8, 4) is 0 Å². The van der Waals surface area contributed by atoms with Crippen LogP contribution < -0.4 is 0 Å². The normalized spacial score (nSPS) is 33.6. The highest BCUT2D eigenvalue weighted by atomic mass is 16.5. The van der Waals surface area contributed by atoms with Crippen LogP contribution in [0.1, 0.15) is 66.2 Å². The summed E-state index contributed by atoms with van der Waals surface area (Å²) in [5.41, 5.74) is 2.17. The van der Waals surface area contributed by atoms with Crippen molar-refractivity contribution in [2.45, 2.75) is 90.6 Å². The molecule has 0 aromatic heterocycles. The maximum atomic E-state index is 12.4. The third-order valence-electron chi connectivity index (χ3n) is 5.46. The van der Waals surface area contributed by atoms with E-state index in [-0.39, 0.29) is 18.9 Å². The van der Waals surface area contributed by atoms with Crippen molar-refractivity contribution in [1.82, 2.24) is 0 Å². The fourth-order valence-corrected chi connectivity index (χ4v) is 3.74. The number of esters is 1. The lowest BCUT2D eigenvalue weighted by atomic mass is 9.96. The van der Waals surface area contributed by atoms with Crippen molar-refractivity contribution in [3.05, 3.63) is 59.8 Å². The Labute approximate surface area is 194 Å². The van der Waals surface area contributed by atoms with Crippen molar-refractivity contribution in [2.75, 3.05) is 7.11 Å². The molecule has 0 amide bonds. The molecule has 1 rings (SSSR count). The van der Waals surface area contributed by atoms with Crippen LogP contribution in [-0.2, 0) is 14.3 Å². The Morgan fingerprint density at radius 1 is 1.19 bits per heavy atom. The standard InChI is InChI=1S/C27H42O5/c1-6-7-12-21(3)16-25-14-11-9-8-10-13-20(2)15-22(4)26(31-5)18-23(28)17-24(29)19-27(30)32-25/h6-11,15-16,20,23-26,28-29H,12-14,17-19H2,1-5H3/b7-6+,10-8+,11-9+,21-16-,22-15+/t20-,23-,24+,25?,26-/m0/s1. The molecule has 180 valence electrons. The zero-order chi connectivity index (χ0) is 23.9. The third-order valence-corrected chi connectivity index (χ3v) is 5.46. The number of hydrogen-bond donors (Lipinski definition) is 2. The third kappa shape index (κ3) is 12.2. The molecule has 1 heterocycles. The molecule has 0 fully saturated rings. The van der Waals surface area contributed by atoms with E-state index < -0.39 is 24.3 Å². The van der Waals surface area contributed by atoms with Crippen LogP contribution in [0.2, 0.25) is 0 Å².